The highest BCUT2D eigenvalue weighted by Crippen LogP contribution is 2.18. The molecule has 2 aromatic heterocycles. The van der Waals surface area contributed by atoms with Gasteiger partial charge >= 0.3 is 0 Å². The summed E-state index contributed by atoms with van der Waals surface area (Å²) in [5, 5.41) is 5.05. The summed E-state index contributed by atoms with van der Waals surface area (Å²) in [6.45, 7) is 4.08. The monoisotopic (exact) mass is 179 g/mol. The van der Waals surface area contributed by atoms with E-state index in [0.29, 0.717) is 0 Å². The SMILES string of the molecule is Cc1nc(-n2cccn2)sc1C. The van der Waals surface area contributed by atoms with Crippen LogP contribution in [0.2, 0.25) is 0 Å². The maximum atomic E-state index is 4.37. The van der Waals surface area contributed by atoms with Crippen LogP contribution in [0.1, 0.15) is 10.6 Å². The fraction of sp³-hybridized carbons (Fsp3) is 0.250. The number of hydrogen-bond donors (Lipinski definition) is 0. The normalized spacial score (nSPS) is 10.5. The van der Waals surface area contributed by atoms with Gasteiger partial charge in [0, 0.05) is 17.3 Å². The quantitative estimate of drug-likeness (QED) is 0.669. The first-order valence-electron chi connectivity index (χ1n) is 3.71. The van der Waals surface area contributed by atoms with Gasteiger partial charge in [-0.1, -0.05) is 11.3 Å². The highest BCUT2D eigenvalue weighted by Gasteiger charge is 2.04. The molecule has 0 radical (unpaired) electrons. The molecule has 0 N–H and O–H groups in total. The summed E-state index contributed by atoms with van der Waals surface area (Å²) in [6, 6.07) is 1.89. The van der Waals surface area contributed by atoms with Gasteiger partial charge in [-0.15, -0.1) is 0 Å². The van der Waals surface area contributed by atoms with Crippen molar-refractivity contribution in [1.29, 1.82) is 0 Å². The van der Waals surface area contributed by atoms with Crippen molar-refractivity contribution in [2.75, 3.05) is 0 Å². The lowest BCUT2D eigenvalue weighted by atomic mass is 10.4. The van der Waals surface area contributed by atoms with Crippen molar-refractivity contribution in [3.8, 4) is 5.13 Å². The van der Waals surface area contributed by atoms with Gasteiger partial charge in [0.25, 0.3) is 0 Å². The molecule has 0 unspecified atom stereocenters. The Bertz CT molecular complexity index is 355. The predicted octanol–water partition coefficient (Wildman–Crippen LogP) is 1.95. The molecular formula is C8H9N3S. The lowest BCUT2D eigenvalue weighted by Gasteiger charge is -1.90. The second kappa shape index (κ2) is 2.71. The summed E-state index contributed by atoms with van der Waals surface area (Å²) < 4.78 is 1.78. The average Bonchev–Trinajstić information content (AvgIpc) is 2.61. The molecule has 0 fully saturated rings. The number of aryl methyl sites for hydroxylation is 2. The Kier molecular flexibility index (Phi) is 1.69. The number of hydrogen-bond acceptors (Lipinski definition) is 3. The zero-order valence-electron chi connectivity index (χ0n) is 6.98. The third-order valence-electron chi connectivity index (χ3n) is 1.72. The Morgan fingerprint density at radius 1 is 1.42 bits per heavy atom. The molecule has 0 saturated heterocycles. The maximum absolute atomic E-state index is 4.37. The van der Waals surface area contributed by atoms with Crippen LogP contribution in [0.3, 0.4) is 0 Å². The van der Waals surface area contributed by atoms with Gasteiger partial charge in [0.1, 0.15) is 0 Å². The van der Waals surface area contributed by atoms with Crippen molar-refractivity contribution >= 4 is 11.3 Å². The molecular weight excluding hydrogens is 170 g/mol. The van der Waals surface area contributed by atoms with E-state index in [1.165, 1.54) is 4.88 Å². The molecule has 3 nitrogen and oxygen atoms in total. The van der Waals surface area contributed by atoms with E-state index >= 15 is 0 Å². The van der Waals surface area contributed by atoms with E-state index < -0.39 is 0 Å². The van der Waals surface area contributed by atoms with Gasteiger partial charge in [0.15, 0.2) is 0 Å². The van der Waals surface area contributed by atoms with Crippen molar-refractivity contribution in [3.63, 3.8) is 0 Å². The van der Waals surface area contributed by atoms with Crippen LogP contribution in [0.5, 0.6) is 0 Å². The molecule has 0 amide bonds. The predicted molar refractivity (Wildman–Crippen MR) is 48.7 cm³/mol. The molecule has 2 rings (SSSR count). The van der Waals surface area contributed by atoms with Crippen LogP contribution >= 0.6 is 11.3 Å². The van der Waals surface area contributed by atoms with Gasteiger partial charge in [-0.3, -0.25) is 0 Å². The van der Waals surface area contributed by atoms with Gasteiger partial charge < -0.3 is 0 Å². The molecule has 0 spiro atoms. The fourth-order valence-electron chi connectivity index (χ4n) is 0.936. The lowest BCUT2D eigenvalue weighted by Crippen LogP contribution is -1.92. The molecule has 0 saturated carbocycles. The minimum absolute atomic E-state index is 0.940. The number of rotatable bonds is 1. The van der Waals surface area contributed by atoms with Crippen LogP contribution < -0.4 is 0 Å². The molecule has 0 aliphatic carbocycles. The molecule has 0 aromatic carbocycles. The van der Waals surface area contributed by atoms with E-state index in [2.05, 4.69) is 17.0 Å². The second-order valence-electron chi connectivity index (χ2n) is 2.59. The molecule has 4 heteroatoms. The largest absolute Gasteiger partial charge is 0.223 e. The Hall–Kier alpha value is -1.16. The van der Waals surface area contributed by atoms with Crippen molar-refractivity contribution in [2.45, 2.75) is 13.8 Å². The highest BCUT2D eigenvalue weighted by atomic mass is 32.1. The van der Waals surface area contributed by atoms with Crippen LogP contribution in [0, 0.1) is 13.8 Å². The van der Waals surface area contributed by atoms with Crippen LogP contribution in [-0.4, -0.2) is 14.8 Å². The van der Waals surface area contributed by atoms with E-state index in [1.54, 1.807) is 22.2 Å². The first kappa shape index (κ1) is 7.49. The first-order chi connectivity index (χ1) is 5.77. The zero-order chi connectivity index (χ0) is 8.55. The molecule has 62 valence electrons. The molecule has 0 aliphatic rings. The lowest BCUT2D eigenvalue weighted by molar-refractivity contribution is 0.865. The van der Waals surface area contributed by atoms with E-state index in [1.807, 2.05) is 19.2 Å². The summed E-state index contributed by atoms with van der Waals surface area (Å²) in [5.74, 6) is 0. The van der Waals surface area contributed by atoms with E-state index in [0.717, 1.165) is 10.8 Å². The van der Waals surface area contributed by atoms with Crippen molar-refractivity contribution < 1.29 is 0 Å². The van der Waals surface area contributed by atoms with Gasteiger partial charge in [0.05, 0.1) is 5.69 Å². The van der Waals surface area contributed by atoms with E-state index in [4.69, 9.17) is 0 Å². The summed E-state index contributed by atoms with van der Waals surface area (Å²) in [6.07, 6.45) is 3.66. The average molecular weight is 179 g/mol. The van der Waals surface area contributed by atoms with Crippen LogP contribution in [0.25, 0.3) is 5.13 Å². The molecule has 12 heavy (non-hydrogen) atoms. The standard InChI is InChI=1S/C8H9N3S/c1-6-7(2)12-8(10-6)11-5-3-4-9-11/h3-5H,1-2H3. The van der Waals surface area contributed by atoms with E-state index in [-0.39, 0.29) is 0 Å². The molecule has 2 heterocycles. The van der Waals surface area contributed by atoms with Crippen molar-refractivity contribution in [1.82, 2.24) is 14.8 Å². The number of thiazole rings is 1. The number of aromatic nitrogens is 3. The van der Waals surface area contributed by atoms with Gasteiger partial charge in [0.2, 0.25) is 5.13 Å². The Labute approximate surface area is 74.7 Å². The summed E-state index contributed by atoms with van der Waals surface area (Å²) in [7, 11) is 0. The van der Waals surface area contributed by atoms with Crippen molar-refractivity contribution in [2.24, 2.45) is 0 Å². The van der Waals surface area contributed by atoms with Gasteiger partial charge in [-0.05, 0) is 19.9 Å². The Morgan fingerprint density at radius 3 is 2.75 bits per heavy atom. The molecule has 0 bridgehead atoms. The first-order valence-corrected chi connectivity index (χ1v) is 4.53. The highest BCUT2D eigenvalue weighted by molar-refractivity contribution is 7.14. The fourth-order valence-corrected chi connectivity index (χ4v) is 1.79. The van der Waals surface area contributed by atoms with Crippen LogP contribution in [-0.2, 0) is 0 Å². The minimum Gasteiger partial charge on any atom is -0.223 e. The van der Waals surface area contributed by atoms with Crippen LogP contribution in [0.15, 0.2) is 18.5 Å². The zero-order valence-corrected chi connectivity index (χ0v) is 7.80. The third kappa shape index (κ3) is 1.14. The summed E-state index contributed by atoms with van der Waals surface area (Å²) in [4.78, 5) is 5.62. The van der Waals surface area contributed by atoms with E-state index in [9.17, 15) is 0 Å². The molecule has 2 aromatic rings. The summed E-state index contributed by atoms with van der Waals surface area (Å²) in [5.41, 5.74) is 1.09. The number of nitrogens with zero attached hydrogens (tertiary/aromatic N) is 3. The smallest absolute Gasteiger partial charge is 0.210 e. The van der Waals surface area contributed by atoms with Gasteiger partial charge in [-0.25, -0.2) is 9.67 Å². The minimum atomic E-state index is 0.940. The van der Waals surface area contributed by atoms with Crippen molar-refractivity contribution in [3.05, 3.63) is 29.0 Å². The third-order valence-corrected chi connectivity index (χ3v) is 2.78. The molecule has 0 aliphatic heterocycles. The van der Waals surface area contributed by atoms with Crippen LogP contribution in [0.4, 0.5) is 0 Å². The topological polar surface area (TPSA) is 30.7 Å². The Balaban J connectivity index is 2.48. The summed E-state index contributed by atoms with van der Waals surface area (Å²) >= 11 is 1.66. The Morgan fingerprint density at radius 2 is 2.25 bits per heavy atom. The second-order valence-corrected chi connectivity index (χ2v) is 3.77. The maximum Gasteiger partial charge on any atom is 0.210 e. The molecule has 0 atom stereocenters. The van der Waals surface area contributed by atoms with Gasteiger partial charge in [-0.2, -0.15) is 5.10 Å².